The van der Waals surface area contributed by atoms with Crippen LogP contribution >= 0.6 is 0 Å². The van der Waals surface area contributed by atoms with Crippen molar-refractivity contribution in [2.24, 2.45) is 10.9 Å². The first-order valence-electron chi connectivity index (χ1n) is 6.95. The standard InChI is InChI=1S/C18H13F2N3/c19-16-5-1-14(2-6-16)18(15-3-7-17(20)8-4-15)23-12-13(11-22)9-10-21/h1-8,12-13,18H,9H2. The monoisotopic (exact) mass is 309 g/mol. The van der Waals surface area contributed by atoms with Gasteiger partial charge in [0.1, 0.15) is 11.6 Å². The predicted molar refractivity (Wildman–Crippen MR) is 82.5 cm³/mol. The van der Waals surface area contributed by atoms with E-state index in [-0.39, 0.29) is 18.1 Å². The summed E-state index contributed by atoms with van der Waals surface area (Å²) in [4.78, 5) is 4.37. The highest BCUT2D eigenvalue weighted by molar-refractivity contribution is 5.65. The van der Waals surface area contributed by atoms with E-state index in [1.807, 2.05) is 12.1 Å². The van der Waals surface area contributed by atoms with Crippen LogP contribution in [-0.2, 0) is 0 Å². The Morgan fingerprint density at radius 2 is 1.39 bits per heavy atom. The van der Waals surface area contributed by atoms with Crippen molar-refractivity contribution in [1.29, 1.82) is 10.5 Å². The highest BCUT2D eigenvalue weighted by Gasteiger charge is 2.14. The second kappa shape index (κ2) is 7.82. The smallest absolute Gasteiger partial charge is 0.123 e. The van der Waals surface area contributed by atoms with Crippen LogP contribution in [0.4, 0.5) is 8.78 Å². The summed E-state index contributed by atoms with van der Waals surface area (Å²) in [5, 5.41) is 17.7. The van der Waals surface area contributed by atoms with Crippen LogP contribution < -0.4 is 0 Å². The zero-order valence-electron chi connectivity index (χ0n) is 12.2. The molecule has 0 saturated heterocycles. The average molecular weight is 309 g/mol. The van der Waals surface area contributed by atoms with Crippen LogP contribution in [0.3, 0.4) is 0 Å². The molecule has 0 spiro atoms. The lowest BCUT2D eigenvalue weighted by atomic mass is 9.99. The number of halogens is 2. The van der Waals surface area contributed by atoms with Crippen LogP contribution in [0, 0.1) is 40.2 Å². The first-order valence-corrected chi connectivity index (χ1v) is 6.95. The summed E-state index contributed by atoms with van der Waals surface area (Å²) in [5.41, 5.74) is 1.42. The van der Waals surface area contributed by atoms with E-state index in [0.29, 0.717) is 11.1 Å². The number of benzene rings is 2. The Labute approximate surface area is 133 Å². The molecule has 2 rings (SSSR count). The van der Waals surface area contributed by atoms with E-state index in [1.54, 1.807) is 24.3 Å². The second-order valence-electron chi connectivity index (χ2n) is 4.90. The minimum absolute atomic E-state index is 0.0412. The zero-order chi connectivity index (χ0) is 16.7. The number of nitriles is 2. The highest BCUT2D eigenvalue weighted by Crippen LogP contribution is 2.26. The van der Waals surface area contributed by atoms with Crippen LogP contribution in [0.1, 0.15) is 23.6 Å². The predicted octanol–water partition coefficient (Wildman–Crippen LogP) is 4.18. The van der Waals surface area contributed by atoms with Crippen molar-refractivity contribution in [3.8, 4) is 12.1 Å². The third-order valence-corrected chi connectivity index (χ3v) is 3.26. The van der Waals surface area contributed by atoms with E-state index in [9.17, 15) is 8.78 Å². The fourth-order valence-corrected chi connectivity index (χ4v) is 2.07. The minimum Gasteiger partial charge on any atom is -0.283 e. The van der Waals surface area contributed by atoms with E-state index in [2.05, 4.69) is 4.99 Å². The molecule has 5 heteroatoms. The SMILES string of the molecule is N#CCC(C#N)C=NC(c1ccc(F)cc1)c1ccc(F)cc1. The summed E-state index contributed by atoms with van der Waals surface area (Å²) >= 11 is 0. The van der Waals surface area contributed by atoms with Crippen LogP contribution in [0.25, 0.3) is 0 Å². The molecular formula is C18H13F2N3. The van der Waals surface area contributed by atoms with Gasteiger partial charge in [-0.3, -0.25) is 4.99 Å². The molecule has 0 radical (unpaired) electrons. The Bertz CT molecular complexity index is 707. The van der Waals surface area contributed by atoms with Crippen molar-refractivity contribution in [2.75, 3.05) is 0 Å². The molecule has 1 unspecified atom stereocenters. The van der Waals surface area contributed by atoms with Gasteiger partial charge in [-0.2, -0.15) is 10.5 Å². The molecule has 2 aromatic carbocycles. The Kier molecular flexibility index (Phi) is 5.55. The molecule has 2 aromatic rings. The third kappa shape index (κ3) is 4.46. The first kappa shape index (κ1) is 16.3. The quantitative estimate of drug-likeness (QED) is 0.778. The van der Waals surface area contributed by atoms with Crippen LogP contribution in [-0.4, -0.2) is 6.21 Å². The normalized spacial score (nSPS) is 12.0. The molecule has 0 N–H and O–H groups in total. The Balaban J connectivity index is 2.37. The Hall–Kier alpha value is -3.05. The van der Waals surface area contributed by atoms with Gasteiger partial charge in [0, 0.05) is 6.21 Å². The fourth-order valence-electron chi connectivity index (χ4n) is 2.07. The van der Waals surface area contributed by atoms with E-state index in [1.165, 1.54) is 30.5 Å². The Morgan fingerprint density at radius 1 is 0.913 bits per heavy atom. The molecular weight excluding hydrogens is 296 g/mol. The lowest BCUT2D eigenvalue weighted by Gasteiger charge is -2.14. The van der Waals surface area contributed by atoms with Gasteiger partial charge in [0.25, 0.3) is 0 Å². The number of aliphatic imine (C=N–C) groups is 1. The summed E-state index contributed by atoms with van der Waals surface area (Å²) in [6.45, 7) is 0. The van der Waals surface area contributed by atoms with E-state index >= 15 is 0 Å². The minimum atomic E-state index is -0.622. The molecule has 0 amide bonds. The van der Waals surface area contributed by atoms with Gasteiger partial charge in [-0.05, 0) is 35.4 Å². The van der Waals surface area contributed by atoms with Gasteiger partial charge in [0.05, 0.1) is 30.5 Å². The second-order valence-corrected chi connectivity index (χ2v) is 4.90. The average Bonchev–Trinajstić information content (AvgIpc) is 2.57. The number of rotatable bonds is 5. The molecule has 0 fully saturated rings. The van der Waals surface area contributed by atoms with Gasteiger partial charge >= 0.3 is 0 Å². The van der Waals surface area contributed by atoms with Crippen molar-refractivity contribution < 1.29 is 8.78 Å². The van der Waals surface area contributed by atoms with E-state index in [4.69, 9.17) is 10.5 Å². The largest absolute Gasteiger partial charge is 0.283 e. The fraction of sp³-hybridized carbons (Fsp3) is 0.167. The van der Waals surface area contributed by atoms with Gasteiger partial charge in [-0.25, -0.2) is 8.78 Å². The number of hydrogen-bond acceptors (Lipinski definition) is 3. The van der Waals surface area contributed by atoms with Crippen molar-refractivity contribution in [3.63, 3.8) is 0 Å². The zero-order valence-corrected chi connectivity index (χ0v) is 12.2. The third-order valence-electron chi connectivity index (χ3n) is 3.26. The molecule has 114 valence electrons. The lowest BCUT2D eigenvalue weighted by molar-refractivity contribution is 0.625. The van der Waals surface area contributed by atoms with Crippen molar-refractivity contribution in [1.82, 2.24) is 0 Å². The maximum Gasteiger partial charge on any atom is 0.123 e. The number of nitrogens with zero attached hydrogens (tertiary/aromatic N) is 3. The molecule has 0 aromatic heterocycles. The van der Waals surface area contributed by atoms with Gasteiger partial charge in [0.2, 0.25) is 0 Å². The van der Waals surface area contributed by atoms with E-state index in [0.717, 1.165) is 0 Å². The van der Waals surface area contributed by atoms with Crippen LogP contribution in [0.2, 0.25) is 0 Å². The summed E-state index contributed by atoms with van der Waals surface area (Å²) < 4.78 is 26.2. The van der Waals surface area contributed by atoms with Gasteiger partial charge in [-0.1, -0.05) is 24.3 Å². The van der Waals surface area contributed by atoms with Gasteiger partial charge in [-0.15, -0.1) is 0 Å². The highest BCUT2D eigenvalue weighted by atomic mass is 19.1. The molecule has 0 aliphatic rings. The molecule has 0 bridgehead atoms. The Morgan fingerprint density at radius 3 is 1.78 bits per heavy atom. The summed E-state index contributed by atoms with van der Waals surface area (Å²) in [6, 6.07) is 15.0. The number of hydrogen-bond donors (Lipinski definition) is 0. The molecule has 1 atom stereocenters. The van der Waals surface area contributed by atoms with Crippen molar-refractivity contribution in [2.45, 2.75) is 12.5 Å². The van der Waals surface area contributed by atoms with Gasteiger partial charge < -0.3 is 0 Å². The molecule has 0 aliphatic carbocycles. The summed E-state index contributed by atoms with van der Waals surface area (Å²) in [5.74, 6) is -1.35. The summed E-state index contributed by atoms with van der Waals surface area (Å²) in [7, 11) is 0. The molecule has 0 heterocycles. The molecule has 3 nitrogen and oxygen atoms in total. The van der Waals surface area contributed by atoms with Gasteiger partial charge in [0.15, 0.2) is 0 Å². The van der Waals surface area contributed by atoms with Crippen LogP contribution in [0.15, 0.2) is 53.5 Å². The summed E-state index contributed by atoms with van der Waals surface area (Å²) in [6.07, 6.45) is 1.46. The van der Waals surface area contributed by atoms with E-state index < -0.39 is 12.0 Å². The van der Waals surface area contributed by atoms with Crippen molar-refractivity contribution in [3.05, 3.63) is 71.3 Å². The maximum atomic E-state index is 13.1. The molecule has 23 heavy (non-hydrogen) atoms. The topological polar surface area (TPSA) is 59.9 Å². The molecule has 0 saturated carbocycles. The van der Waals surface area contributed by atoms with Crippen LogP contribution in [0.5, 0.6) is 0 Å². The molecule has 0 aliphatic heterocycles. The lowest BCUT2D eigenvalue weighted by Crippen LogP contribution is -2.03. The maximum absolute atomic E-state index is 13.1. The first-order chi connectivity index (χ1) is 11.1. The van der Waals surface area contributed by atoms with Crippen molar-refractivity contribution >= 4 is 6.21 Å².